The molecule has 2 saturated heterocycles. The van der Waals surface area contributed by atoms with Crippen LogP contribution in [-0.4, -0.2) is 56.5 Å². The van der Waals surface area contributed by atoms with Crippen molar-refractivity contribution in [2.75, 3.05) is 0 Å². The molecular formula is C45H50N2O5. The third kappa shape index (κ3) is 6.37. The minimum atomic E-state index is -0.896. The molecule has 4 aromatic rings. The van der Waals surface area contributed by atoms with Crippen molar-refractivity contribution in [1.29, 1.82) is 0 Å². The molecule has 52 heavy (non-hydrogen) atoms. The van der Waals surface area contributed by atoms with E-state index < -0.39 is 29.4 Å². The predicted molar refractivity (Wildman–Crippen MR) is 200 cm³/mol. The molecule has 0 bridgehead atoms. The lowest BCUT2D eigenvalue weighted by Crippen LogP contribution is -2.49. The Hall–Kier alpha value is -4.30. The number of carbonyl (C=O) groups is 2. The van der Waals surface area contributed by atoms with Gasteiger partial charge in [0.05, 0.1) is 30.4 Å². The van der Waals surface area contributed by atoms with Crippen LogP contribution in [0.15, 0.2) is 109 Å². The van der Waals surface area contributed by atoms with Crippen molar-refractivity contribution < 1.29 is 24.2 Å². The standard InChI is InChI=1S/C45H50N2O5/c1-44(2)46(40-36-21-13-11-19-31(36)27-38(40)51-44)42(49)33(23-29-15-7-5-8-16-29)25-35(48)26-34(24-30-17-9-6-10-18-30)43(50)47-41-37-22-14-12-20-32(37)28-39(41)52-45(47,3)4/h5-22,33-35,38-41,48H,23-28H2,1-4H3/t33?,34?,35?,38-,39?,40?,41?/m1/s1. The molecule has 0 saturated carbocycles. The van der Waals surface area contributed by atoms with Gasteiger partial charge in [-0.1, -0.05) is 109 Å². The number of amides is 2. The number of hydrogen-bond donors (Lipinski definition) is 1. The number of nitrogens with zero attached hydrogens (tertiary/aromatic N) is 2. The average Bonchev–Trinajstić information content (AvgIpc) is 3.80. The highest BCUT2D eigenvalue weighted by atomic mass is 16.5. The number of ether oxygens (including phenoxy) is 2. The van der Waals surface area contributed by atoms with Crippen LogP contribution < -0.4 is 0 Å². The summed E-state index contributed by atoms with van der Waals surface area (Å²) >= 11 is 0. The highest BCUT2D eigenvalue weighted by molar-refractivity contribution is 5.82. The Bertz CT molecular complexity index is 1790. The number of aliphatic hydroxyl groups excluding tert-OH is 1. The molecule has 7 heteroatoms. The Labute approximate surface area is 307 Å². The van der Waals surface area contributed by atoms with Crippen molar-refractivity contribution in [3.8, 4) is 0 Å². The monoisotopic (exact) mass is 698 g/mol. The van der Waals surface area contributed by atoms with Gasteiger partial charge in [0.15, 0.2) is 0 Å². The number of rotatable bonds is 10. The smallest absolute Gasteiger partial charge is 0.228 e. The number of hydrogen-bond acceptors (Lipinski definition) is 5. The van der Waals surface area contributed by atoms with Crippen LogP contribution in [0.1, 0.15) is 86.0 Å². The van der Waals surface area contributed by atoms with Gasteiger partial charge in [-0.15, -0.1) is 0 Å². The first kappa shape index (κ1) is 34.8. The van der Waals surface area contributed by atoms with E-state index in [1.807, 2.05) is 122 Å². The summed E-state index contributed by atoms with van der Waals surface area (Å²) < 4.78 is 13.1. The molecule has 4 aromatic carbocycles. The Morgan fingerprint density at radius 3 is 1.38 bits per heavy atom. The predicted octanol–water partition coefficient (Wildman–Crippen LogP) is 7.37. The van der Waals surface area contributed by atoms with Crippen LogP contribution in [0.3, 0.4) is 0 Å². The SMILES string of the molecule is CC1(C)OC2Cc3ccccc3C2N1C(=O)C(Cc1ccccc1)CC(O)CC(Cc1ccccc1)C(=O)N1C2c3ccccc3C[C@H]2OC1(C)C. The van der Waals surface area contributed by atoms with Crippen LogP contribution in [0, 0.1) is 11.8 Å². The summed E-state index contributed by atoms with van der Waals surface area (Å²) in [5, 5.41) is 12.1. The molecule has 0 radical (unpaired) electrons. The fourth-order valence-corrected chi connectivity index (χ4v) is 9.71. The van der Waals surface area contributed by atoms with Crippen LogP contribution in [0.2, 0.25) is 0 Å². The number of fused-ring (bicyclic) bond motifs is 6. The Kier molecular flexibility index (Phi) is 9.09. The van der Waals surface area contributed by atoms with E-state index in [2.05, 4.69) is 24.3 Å². The van der Waals surface area contributed by atoms with E-state index in [0.717, 1.165) is 35.1 Å². The van der Waals surface area contributed by atoms with Crippen LogP contribution in [-0.2, 0) is 44.7 Å². The Balaban J connectivity index is 1.09. The van der Waals surface area contributed by atoms with E-state index in [-0.39, 0.29) is 48.9 Å². The first-order valence-corrected chi connectivity index (χ1v) is 18.9. The molecule has 4 aliphatic rings. The fourth-order valence-electron chi connectivity index (χ4n) is 9.71. The van der Waals surface area contributed by atoms with Crippen molar-refractivity contribution >= 4 is 11.8 Å². The molecule has 2 amide bonds. The second-order valence-electron chi connectivity index (χ2n) is 16.2. The number of benzene rings is 4. The molecular weight excluding hydrogens is 649 g/mol. The molecule has 0 spiro atoms. The van der Waals surface area contributed by atoms with Gasteiger partial charge in [-0.3, -0.25) is 9.59 Å². The molecule has 6 unspecified atom stereocenters. The molecule has 1 N–H and O–H groups in total. The highest BCUT2D eigenvalue weighted by Gasteiger charge is 2.56. The van der Waals surface area contributed by atoms with Crippen molar-refractivity contribution in [2.45, 2.75) is 108 Å². The van der Waals surface area contributed by atoms with Crippen LogP contribution in [0.25, 0.3) is 0 Å². The molecule has 2 aliphatic heterocycles. The fraction of sp³-hybridized carbons (Fsp3) is 0.422. The Morgan fingerprint density at radius 1 is 0.615 bits per heavy atom. The van der Waals surface area contributed by atoms with E-state index in [4.69, 9.17) is 9.47 Å². The third-order valence-electron chi connectivity index (χ3n) is 11.8. The van der Waals surface area contributed by atoms with E-state index in [1.54, 1.807) is 0 Å². The molecule has 270 valence electrons. The van der Waals surface area contributed by atoms with E-state index in [9.17, 15) is 14.7 Å². The van der Waals surface area contributed by atoms with Crippen molar-refractivity contribution in [2.24, 2.45) is 11.8 Å². The summed E-state index contributed by atoms with van der Waals surface area (Å²) in [7, 11) is 0. The summed E-state index contributed by atoms with van der Waals surface area (Å²) in [5.41, 5.74) is 5.17. The zero-order chi connectivity index (χ0) is 36.2. The second kappa shape index (κ2) is 13.6. The van der Waals surface area contributed by atoms with Crippen molar-refractivity contribution in [3.63, 3.8) is 0 Å². The zero-order valence-electron chi connectivity index (χ0n) is 30.7. The van der Waals surface area contributed by atoms with Gasteiger partial charge in [0.2, 0.25) is 11.8 Å². The topological polar surface area (TPSA) is 79.3 Å². The molecule has 2 heterocycles. The van der Waals surface area contributed by atoms with Gasteiger partial charge in [-0.05, 0) is 86.8 Å². The Morgan fingerprint density at radius 2 is 0.981 bits per heavy atom. The largest absolute Gasteiger partial charge is 0.393 e. The van der Waals surface area contributed by atoms with Crippen LogP contribution in [0.4, 0.5) is 0 Å². The third-order valence-corrected chi connectivity index (χ3v) is 11.8. The zero-order valence-corrected chi connectivity index (χ0v) is 30.7. The molecule has 7 atom stereocenters. The van der Waals surface area contributed by atoms with Gasteiger partial charge in [-0.2, -0.15) is 0 Å². The lowest BCUT2D eigenvalue weighted by molar-refractivity contribution is -0.154. The van der Waals surface area contributed by atoms with E-state index in [1.165, 1.54) is 11.1 Å². The van der Waals surface area contributed by atoms with Gasteiger partial charge in [0, 0.05) is 24.7 Å². The number of carbonyl (C=O) groups excluding carboxylic acids is 2. The second-order valence-corrected chi connectivity index (χ2v) is 16.2. The molecule has 2 fully saturated rings. The van der Waals surface area contributed by atoms with Crippen LogP contribution in [0.5, 0.6) is 0 Å². The van der Waals surface area contributed by atoms with Gasteiger partial charge in [-0.25, -0.2) is 0 Å². The van der Waals surface area contributed by atoms with E-state index in [0.29, 0.717) is 12.8 Å². The van der Waals surface area contributed by atoms with Crippen molar-refractivity contribution in [3.05, 3.63) is 143 Å². The maximum atomic E-state index is 14.9. The number of aliphatic hydroxyl groups is 1. The summed E-state index contributed by atoms with van der Waals surface area (Å²) in [6.45, 7) is 7.91. The first-order chi connectivity index (χ1) is 25.0. The molecule has 0 aromatic heterocycles. The highest BCUT2D eigenvalue weighted by Crippen LogP contribution is 2.50. The molecule has 2 aliphatic carbocycles. The molecule has 7 nitrogen and oxygen atoms in total. The lowest BCUT2D eigenvalue weighted by atomic mass is 9.85. The molecule has 8 rings (SSSR count). The quantitative estimate of drug-likeness (QED) is 0.187. The summed E-state index contributed by atoms with van der Waals surface area (Å²) in [6, 6.07) is 36.3. The van der Waals surface area contributed by atoms with E-state index >= 15 is 0 Å². The summed E-state index contributed by atoms with van der Waals surface area (Å²) in [6.07, 6.45) is 1.84. The first-order valence-electron chi connectivity index (χ1n) is 18.9. The van der Waals surface area contributed by atoms with Crippen molar-refractivity contribution in [1.82, 2.24) is 9.80 Å². The summed E-state index contributed by atoms with van der Waals surface area (Å²) in [4.78, 5) is 33.8. The average molecular weight is 699 g/mol. The normalized spacial score (nSPS) is 25.2. The van der Waals surface area contributed by atoms with Gasteiger partial charge < -0.3 is 24.4 Å². The summed E-state index contributed by atoms with van der Waals surface area (Å²) in [5.74, 6) is -1.08. The van der Waals surface area contributed by atoms with Gasteiger partial charge >= 0.3 is 0 Å². The van der Waals surface area contributed by atoms with Crippen LogP contribution >= 0.6 is 0 Å². The van der Waals surface area contributed by atoms with Gasteiger partial charge in [0.1, 0.15) is 11.4 Å². The minimum absolute atomic E-state index is 0.0254. The minimum Gasteiger partial charge on any atom is -0.393 e. The maximum absolute atomic E-state index is 14.9. The lowest BCUT2D eigenvalue weighted by Gasteiger charge is -2.38. The van der Waals surface area contributed by atoms with Gasteiger partial charge in [0.25, 0.3) is 0 Å². The maximum Gasteiger partial charge on any atom is 0.228 e.